The minimum absolute atomic E-state index is 0.00838. The molecule has 0 amide bonds. The molecule has 2 bridgehead atoms. The molecule has 0 heterocycles. The van der Waals surface area contributed by atoms with Gasteiger partial charge >= 0.3 is 0 Å². The summed E-state index contributed by atoms with van der Waals surface area (Å²) >= 11 is 0. The maximum Gasteiger partial charge on any atom is 0.0613 e. The Morgan fingerprint density at radius 3 is 2.62 bits per heavy atom. The smallest absolute Gasteiger partial charge is 0.0613 e. The lowest BCUT2D eigenvalue weighted by Crippen LogP contribution is -2.49. The number of allylic oxidation sites excluding steroid dienone is 2. The highest BCUT2D eigenvalue weighted by Crippen LogP contribution is 2.44. The van der Waals surface area contributed by atoms with Crippen LogP contribution in [-0.4, -0.2) is 23.8 Å². The predicted molar refractivity (Wildman–Crippen MR) is 65.1 cm³/mol. The summed E-state index contributed by atoms with van der Waals surface area (Å²) in [5.74, 6) is 3.21. The van der Waals surface area contributed by atoms with E-state index in [1.807, 2.05) is 0 Å². The van der Waals surface area contributed by atoms with Crippen molar-refractivity contribution in [3.63, 3.8) is 0 Å². The van der Waals surface area contributed by atoms with Crippen molar-refractivity contribution < 1.29 is 5.11 Å². The van der Waals surface area contributed by atoms with Crippen molar-refractivity contribution in [2.24, 2.45) is 23.7 Å². The molecular weight excluding hydrogens is 198 g/mol. The van der Waals surface area contributed by atoms with Gasteiger partial charge in [-0.3, -0.25) is 0 Å². The van der Waals surface area contributed by atoms with Gasteiger partial charge < -0.3 is 10.4 Å². The Hall–Kier alpha value is -0.340. The van der Waals surface area contributed by atoms with Crippen LogP contribution in [0.25, 0.3) is 0 Å². The molecule has 4 atom stereocenters. The van der Waals surface area contributed by atoms with Crippen LogP contribution in [0, 0.1) is 23.7 Å². The number of aliphatic hydroxyl groups is 1. The SMILES string of the molecule is CC(CO)(NCC1CC2C=CC1C2)C1CC1. The molecule has 2 heteroatoms. The fourth-order valence-electron chi connectivity index (χ4n) is 3.54. The second-order valence-corrected chi connectivity index (χ2v) is 6.27. The molecule has 90 valence electrons. The molecular formula is C14H23NO. The molecule has 2 N–H and O–H groups in total. The molecule has 0 aromatic heterocycles. The lowest BCUT2D eigenvalue weighted by molar-refractivity contribution is 0.147. The van der Waals surface area contributed by atoms with Gasteiger partial charge in [0, 0.05) is 5.54 Å². The summed E-state index contributed by atoms with van der Waals surface area (Å²) in [5, 5.41) is 13.2. The Balaban J connectivity index is 1.54. The Bertz CT molecular complexity index is 297. The largest absolute Gasteiger partial charge is 0.394 e. The van der Waals surface area contributed by atoms with E-state index in [4.69, 9.17) is 0 Å². The third-order valence-corrected chi connectivity index (χ3v) is 4.99. The maximum atomic E-state index is 9.53. The predicted octanol–water partition coefficient (Wildman–Crippen LogP) is 1.95. The molecule has 0 aliphatic heterocycles. The number of hydrogen-bond donors (Lipinski definition) is 2. The molecule has 0 aromatic carbocycles. The topological polar surface area (TPSA) is 32.3 Å². The van der Waals surface area contributed by atoms with Crippen LogP contribution in [-0.2, 0) is 0 Å². The first-order valence-corrected chi connectivity index (χ1v) is 6.75. The van der Waals surface area contributed by atoms with Gasteiger partial charge in [0.1, 0.15) is 0 Å². The summed E-state index contributed by atoms with van der Waals surface area (Å²) in [6, 6.07) is 0. The van der Waals surface area contributed by atoms with Crippen LogP contribution >= 0.6 is 0 Å². The van der Waals surface area contributed by atoms with Gasteiger partial charge in [-0.15, -0.1) is 0 Å². The molecule has 0 aromatic rings. The van der Waals surface area contributed by atoms with Crippen LogP contribution in [0.2, 0.25) is 0 Å². The van der Waals surface area contributed by atoms with Gasteiger partial charge in [0.15, 0.2) is 0 Å². The zero-order chi connectivity index (χ0) is 11.2. The van der Waals surface area contributed by atoms with Crippen LogP contribution in [0.15, 0.2) is 12.2 Å². The third kappa shape index (κ3) is 1.82. The fourth-order valence-corrected chi connectivity index (χ4v) is 3.54. The van der Waals surface area contributed by atoms with Gasteiger partial charge in [-0.25, -0.2) is 0 Å². The van der Waals surface area contributed by atoms with E-state index >= 15 is 0 Å². The quantitative estimate of drug-likeness (QED) is 0.695. The molecule has 2 saturated carbocycles. The van der Waals surface area contributed by atoms with E-state index in [2.05, 4.69) is 24.4 Å². The van der Waals surface area contributed by atoms with Gasteiger partial charge in [-0.2, -0.15) is 0 Å². The van der Waals surface area contributed by atoms with Crippen molar-refractivity contribution in [3.8, 4) is 0 Å². The molecule has 0 spiro atoms. The van der Waals surface area contributed by atoms with E-state index < -0.39 is 0 Å². The number of rotatable bonds is 5. The number of aliphatic hydroxyl groups excluding tert-OH is 1. The number of hydrogen-bond acceptors (Lipinski definition) is 2. The standard InChI is InChI=1S/C14H23NO/c1-14(9-16,13-4-5-13)15-8-12-7-10-2-3-11(12)6-10/h2-3,10-13,15-16H,4-9H2,1H3. The van der Waals surface area contributed by atoms with Crippen molar-refractivity contribution >= 4 is 0 Å². The Morgan fingerprint density at radius 1 is 1.31 bits per heavy atom. The summed E-state index contributed by atoms with van der Waals surface area (Å²) in [6.07, 6.45) is 10.1. The summed E-state index contributed by atoms with van der Waals surface area (Å²) in [6.45, 7) is 3.57. The minimum Gasteiger partial charge on any atom is -0.394 e. The van der Waals surface area contributed by atoms with Crippen molar-refractivity contribution in [1.29, 1.82) is 0 Å². The monoisotopic (exact) mass is 221 g/mol. The third-order valence-electron chi connectivity index (χ3n) is 4.99. The molecule has 3 aliphatic rings. The molecule has 16 heavy (non-hydrogen) atoms. The van der Waals surface area contributed by atoms with Gasteiger partial charge in [0.2, 0.25) is 0 Å². The number of fused-ring (bicyclic) bond motifs is 2. The van der Waals surface area contributed by atoms with E-state index in [0.29, 0.717) is 5.92 Å². The van der Waals surface area contributed by atoms with Crippen molar-refractivity contribution in [2.75, 3.05) is 13.2 Å². The second-order valence-electron chi connectivity index (χ2n) is 6.27. The maximum absolute atomic E-state index is 9.53. The van der Waals surface area contributed by atoms with Crippen LogP contribution in [0.3, 0.4) is 0 Å². The zero-order valence-corrected chi connectivity index (χ0v) is 10.2. The molecule has 4 unspecified atom stereocenters. The van der Waals surface area contributed by atoms with E-state index in [1.54, 1.807) is 0 Å². The average Bonchev–Trinajstić information content (AvgIpc) is 2.97. The first kappa shape index (κ1) is 10.8. The summed E-state index contributed by atoms with van der Waals surface area (Å²) in [7, 11) is 0. The lowest BCUT2D eigenvalue weighted by atomic mass is 9.90. The first-order chi connectivity index (χ1) is 7.71. The molecule has 0 saturated heterocycles. The van der Waals surface area contributed by atoms with E-state index in [9.17, 15) is 5.11 Å². The van der Waals surface area contributed by atoms with Crippen molar-refractivity contribution in [3.05, 3.63) is 12.2 Å². The molecule has 3 aliphatic carbocycles. The van der Waals surface area contributed by atoms with Gasteiger partial charge in [0.25, 0.3) is 0 Å². The minimum atomic E-state index is -0.00838. The van der Waals surface area contributed by atoms with Crippen molar-refractivity contribution in [2.45, 2.75) is 38.1 Å². The second kappa shape index (κ2) is 3.85. The normalized spacial score (nSPS) is 40.2. The summed E-state index contributed by atoms with van der Waals surface area (Å²) < 4.78 is 0. The van der Waals surface area contributed by atoms with Crippen LogP contribution in [0.4, 0.5) is 0 Å². The first-order valence-electron chi connectivity index (χ1n) is 6.75. The van der Waals surface area contributed by atoms with Gasteiger partial charge in [0.05, 0.1) is 6.61 Å². The van der Waals surface area contributed by atoms with E-state index in [1.165, 1.54) is 25.7 Å². The van der Waals surface area contributed by atoms with E-state index in [0.717, 1.165) is 24.3 Å². The lowest BCUT2D eigenvalue weighted by Gasteiger charge is -2.31. The molecule has 2 fully saturated rings. The fraction of sp³-hybridized carbons (Fsp3) is 0.857. The average molecular weight is 221 g/mol. The Morgan fingerprint density at radius 2 is 2.12 bits per heavy atom. The Kier molecular flexibility index (Phi) is 2.60. The summed E-state index contributed by atoms with van der Waals surface area (Å²) in [4.78, 5) is 0. The number of nitrogens with one attached hydrogen (secondary N) is 1. The van der Waals surface area contributed by atoms with E-state index in [-0.39, 0.29) is 12.1 Å². The highest BCUT2D eigenvalue weighted by atomic mass is 16.3. The van der Waals surface area contributed by atoms with Gasteiger partial charge in [-0.1, -0.05) is 12.2 Å². The van der Waals surface area contributed by atoms with Crippen LogP contribution < -0.4 is 5.32 Å². The van der Waals surface area contributed by atoms with Gasteiger partial charge in [-0.05, 0) is 62.8 Å². The molecule has 2 nitrogen and oxygen atoms in total. The Labute approximate surface area is 98.1 Å². The molecule has 3 rings (SSSR count). The molecule has 0 radical (unpaired) electrons. The van der Waals surface area contributed by atoms with Crippen molar-refractivity contribution in [1.82, 2.24) is 5.32 Å². The highest BCUT2D eigenvalue weighted by molar-refractivity contribution is 5.11. The van der Waals surface area contributed by atoms with Crippen LogP contribution in [0.5, 0.6) is 0 Å². The highest BCUT2D eigenvalue weighted by Gasteiger charge is 2.42. The van der Waals surface area contributed by atoms with Crippen LogP contribution in [0.1, 0.15) is 32.6 Å². The summed E-state index contributed by atoms with van der Waals surface area (Å²) in [5.41, 5.74) is -0.00838. The zero-order valence-electron chi connectivity index (χ0n) is 10.2.